The number of benzene rings is 1. The molecule has 1 saturated heterocycles. The lowest BCUT2D eigenvalue weighted by Gasteiger charge is -2.19. The first-order valence-corrected chi connectivity index (χ1v) is 7.32. The molecule has 3 nitrogen and oxygen atoms in total. The van der Waals surface area contributed by atoms with Crippen LogP contribution in [-0.4, -0.2) is 35.2 Å². The third-order valence-electron chi connectivity index (χ3n) is 3.90. The number of amides is 1. The maximum Gasteiger partial charge on any atom is 0.236 e. The molecule has 96 valence electrons. The summed E-state index contributed by atoms with van der Waals surface area (Å²) in [5, 5.41) is 0.0555. The second kappa shape index (κ2) is 4.59. The first kappa shape index (κ1) is 12.1. The number of hydrogen-bond acceptors (Lipinski definition) is 3. The highest BCUT2D eigenvalue weighted by atomic mass is 32.2. The molecule has 1 aromatic rings. The maximum absolute atomic E-state index is 12.5. The van der Waals surface area contributed by atoms with Gasteiger partial charge in [-0.2, -0.15) is 0 Å². The smallest absolute Gasteiger partial charge is 0.236 e. The number of rotatable bonds is 1. The molecule has 0 saturated carbocycles. The van der Waals surface area contributed by atoms with E-state index in [1.165, 1.54) is 10.5 Å². The number of nitrogens with two attached hydrogens (primary N) is 1. The molecule has 1 fully saturated rings. The van der Waals surface area contributed by atoms with E-state index in [0.29, 0.717) is 12.5 Å². The highest BCUT2D eigenvalue weighted by molar-refractivity contribution is 8.01. The largest absolute Gasteiger partial charge is 0.340 e. The number of hydrogen-bond donors (Lipinski definition) is 1. The Bertz CT molecular complexity index is 442. The van der Waals surface area contributed by atoms with Gasteiger partial charge in [0, 0.05) is 24.0 Å². The molecule has 0 radical (unpaired) electrons. The highest BCUT2D eigenvalue weighted by Gasteiger charge is 2.36. The molecule has 0 spiro atoms. The van der Waals surface area contributed by atoms with Crippen molar-refractivity contribution in [2.45, 2.75) is 29.5 Å². The Kier molecular flexibility index (Phi) is 3.08. The van der Waals surface area contributed by atoms with Crippen molar-refractivity contribution >= 4 is 17.7 Å². The van der Waals surface area contributed by atoms with E-state index in [4.69, 9.17) is 5.73 Å². The lowest BCUT2D eigenvalue weighted by Crippen LogP contribution is -2.37. The lowest BCUT2D eigenvalue weighted by atomic mass is 10.1. The van der Waals surface area contributed by atoms with Crippen LogP contribution in [0.2, 0.25) is 0 Å². The zero-order valence-electron chi connectivity index (χ0n) is 10.5. The molecule has 0 bridgehead atoms. The Morgan fingerprint density at radius 3 is 2.83 bits per heavy atom. The molecule has 2 N–H and O–H groups in total. The molecule has 18 heavy (non-hydrogen) atoms. The van der Waals surface area contributed by atoms with Crippen LogP contribution < -0.4 is 5.73 Å². The van der Waals surface area contributed by atoms with Gasteiger partial charge in [-0.25, -0.2) is 0 Å². The van der Waals surface area contributed by atoms with E-state index in [2.05, 4.69) is 19.1 Å². The number of carbonyl (C=O) groups excluding carboxylic acids is 1. The molecule has 2 aliphatic rings. The van der Waals surface area contributed by atoms with Crippen molar-refractivity contribution in [2.24, 2.45) is 11.7 Å². The van der Waals surface area contributed by atoms with Crippen LogP contribution in [0.1, 0.15) is 12.5 Å². The van der Waals surface area contributed by atoms with Crippen LogP contribution in [0.15, 0.2) is 29.2 Å². The van der Waals surface area contributed by atoms with Gasteiger partial charge in [-0.05, 0) is 24.0 Å². The monoisotopic (exact) mass is 262 g/mol. The van der Waals surface area contributed by atoms with Crippen LogP contribution >= 0.6 is 11.8 Å². The number of nitrogens with zero attached hydrogens (tertiary/aromatic N) is 1. The Morgan fingerprint density at radius 1 is 1.39 bits per heavy atom. The van der Waals surface area contributed by atoms with E-state index in [1.54, 1.807) is 11.8 Å². The Balaban J connectivity index is 1.70. The third kappa shape index (κ3) is 2.04. The van der Waals surface area contributed by atoms with Crippen molar-refractivity contribution in [1.29, 1.82) is 0 Å². The summed E-state index contributed by atoms with van der Waals surface area (Å²) in [6, 6.07) is 8.44. The zero-order valence-corrected chi connectivity index (χ0v) is 11.3. The summed E-state index contributed by atoms with van der Waals surface area (Å²) in [7, 11) is 0. The molecular weight excluding hydrogens is 244 g/mol. The molecule has 0 aromatic heterocycles. The number of fused-ring (bicyclic) bond motifs is 1. The van der Waals surface area contributed by atoms with E-state index in [-0.39, 0.29) is 17.2 Å². The fourth-order valence-electron chi connectivity index (χ4n) is 2.70. The summed E-state index contributed by atoms with van der Waals surface area (Å²) in [5.41, 5.74) is 7.29. The van der Waals surface area contributed by atoms with Crippen molar-refractivity contribution < 1.29 is 4.79 Å². The van der Waals surface area contributed by atoms with E-state index >= 15 is 0 Å². The molecule has 2 aliphatic heterocycles. The molecule has 0 aliphatic carbocycles. The normalized spacial score (nSPS) is 30.6. The molecular formula is C14H18N2OS. The van der Waals surface area contributed by atoms with E-state index < -0.39 is 0 Å². The molecule has 1 aromatic carbocycles. The van der Waals surface area contributed by atoms with Gasteiger partial charge in [0.2, 0.25) is 5.91 Å². The van der Waals surface area contributed by atoms with Gasteiger partial charge in [-0.15, -0.1) is 11.8 Å². The van der Waals surface area contributed by atoms with Crippen LogP contribution in [0.4, 0.5) is 0 Å². The average Bonchev–Trinajstić information content (AvgIpc) is 2.93. The minimum atomic E-state index is 0.0555. The average molecular weight is 262 g/mol. The Morgan fingerprint density at radius 2 is 2.17 bits per heavy atom. The van der Waals surface area contributed by atoms with Crippen LogP contribution in [0, 0.1) is 5.92 Å². The summed E-state index contributed by atoms with van der Waals surface area (Å²) in [4.78, 5) is 15.7. The molecule has 3 unspecified atom stereocenters. The fraction of sp³-hybridized carbons (Fsp3) is 0.500. The molecule has 1 amide bonds. The summed E-state index contributed by atoms with van der Waals surface area (Å²) in [6.07, 6.45) is 0.861. The van der Waals surface area contributed by atoms with E-state index in [0.717, 1.165) is 13.0 Å². The van der Waals surface area contributed by atoms with Crippen LogP contribution in [0.25, 0.3) is 0 Å². The summed E-state index contributed by atoms with van der Waals surface area (Å²) >= 11 is 1.70. The van der Waals surface area contributed by atoms with Gasteiger partial charge in [-0.1, -0.05) is 25.1 Å². The van der Waals surface area contributed by atoms with E-state index in [9.17, 15) is 4.79 Å². The van der Waals surface area contributed by atoms with Crippen LogP contribution in [0.5, 0.6) is 0 Å². The Labute approximate surface area is 112 Å². The molecule has 4 heteroatoms. The van der Waals surface area contributed by atoms with Crippen molar-refractivity contribution in [2.75, 3.05) is 13.1 Å². The number of likely N-dealkylation sites (tertiary alicyclic amines) is 1. The van der Waals surface area contributed by atoms with Gasteiger partial charge in [0.15, 0.2) is 0 Å². The molecule has 3 rings (SSSR count). The second-order valence-electron chi connectivity index (χ2n) is 5.30. The van der Waals surface area contributed by atoms with Crippen LogP contribution in [0.3, 0.4) is 0 Å². The summed E-state index contributed by atoms with van der Waals surface area (Å²) in [6.45, 7) is 3.65. The zero-order chi connectivity index (χ0) is 12.7. The topological polar surface area (TPSA) is 46.3 Å². The van der Waals surface area contributed by atoms with Crippen molar-refractivity contribution in [1.82, 2.24) is 4.90 Å². The van der Waals surface area contributed by atoms with Gasteiger partial charge < -0.3 is 10.6 Å². The van der Waals surface area contributed by atoms with Gasteiger partial charge in [0.25, 0.3) is 0 Å². The fourth-order valence-corrected chi connectivity index (χ4v) is 3.97. The van der Waals surface area contributed by atoms with E-state index in [1.807, 2.05) is 17.0 Å². The van der Waals surface area contributed by atoms with Crippen molar-refractivity contribution in [3.8, 4) is 0 Å². The standard InChI is InChI=1S/C14H18N2OS/c1-9-7-16(8-11(9)15)14(17)13-6-10-4-2-3-5-12(10)18-13/h2-5,9,11,13H,6-8,15H2,1H3. The van der Waals surface area contributed by atoms with Crippen molar-refractivity contribution in [3.63, 3.8) is 0 Å². The SMILES string of the molecule is CC1CN(C(=O)C2Cc3ccccc3S2)CC1N. The first-order chi connectivity index (χ1) is 8.65. The van der Waals surface area contributed by atoms with Gasteiger partial charge >= 0.3 is 0 Å². The third-order valence-corrected chi connectivity index (χ3v) is 5.21. The number of thioether (sulfide) groups is 1. The highest BCUT2D eigenvalue weighted by Crippen LogP contribution is 2.38. The van der Waals surface area contributed by atoms with Gasteiger partial charge in [-0.3, -0.25) is 4.79 Å². The van der Waals surface area contributed by atoms with Gasteiger partial charge in [0.1, 0.15) is 0 Å². The predicted octanol–water partition coefficient (Wildman–Crippen LogP) is 1.51. The number of carbonyl (C=O) groups is 1. The summed E-state index contributed by atoms with van der Waals surface area (Å²) in [5.74, 6) is 0.679. The molecule has 2 heterocycles. The quantitative estimate of drug-likeness (QED) is 0.834. The summed E-state index contributed by atoms with van der Waals surface area (Å²) < 4.78 is 0. The predicted molar refractivity (Wildman–Crippen MR) is 73.5 cm³/mol. The van der Waals surface area contributed by atoms with Crippen LogP contribution in [-0.2, 0) is 11.2 Å². The maximum atomic E-state index is 12.5. The lowest BCUT2D eigenvalue weighted by molar-refractivity contribution is -0.129. The van der Waals surface area contributed by atoms with Gasteiger partial charge in [0.05, 0.1) is 5.25 Å². The minimum absolute atomic E-state index is 0.0555. The molecule has 3 atom stereocenters. The second-order valence-corrected chi connectivity index (χ2v) is 6.55. The van der Waals surface area contributed by atoms with Crippen molar-refractivity contribution in [3.05, 3.63) is 29.8 Å². The first-order valence-electron chi connectivity index (χ1n) is 6.44. The Hall–Kier alpha value is -1.00. The minimum Gasteiger partial charge on any atom is -0.340 e.